The van der Waals surface area contributed by atoms with Crippen molar-refractivity contribution in [3.8, 4) is 5.75 Å². The lowest BCUT2D eigenvalue weighted by Crippen LogP contribution is -2.42. The summed E-state index contributed by atoms with van der Waals surface area (Å²) in [7, 11) is 1.36. The van der Waals surface area contributed by atoms with Gasteiger partial charge < -0.3 is 14.7 Å². The van der Waals surface area contributed by atoms with Crippen LogP contribution in [0.2, 0.25) is 0 Å². The fourth-order valence-electron chi connectivity index (χ4n) is 1.99. The van der Waals surface area contributed by atoms with Gasteiger partial charge in [-0.25, -0.2) is 9.18 Å². The number of benzene rings is 1. The second kappa shape index (κ2) is 6.13. The number of hydrogen-bond acceptors (Lipinski definition) is 4. The van der Waals surface area contributed by atoms with Crippen LogP contribution in [0.1, 0.15) is 5.56 Å². The molecule has 7 heteroatoms. The average Bonchev–Trinajstić information content (AvgIpc) is 2.88. The van der Waals surface area contributed by atoms with Crippen LogP contribution in [-0.2, 0) is 16.0 Å². The molecule has 2 rings (SSSR count). The van der Waals surface area contributed by atoms with E-state index in [4.69, 9.17) is 9.84 Å². The molecule has 0 aliphatic carbocycles. The van der Waals surface area contributed by atoms with Gasteiger partial charge >= 0.3 is 5.97 Å². The Labute approximate surface area is 119 Å². The molecule has 1 atom stereocenters. The standard InChI is InChI=1S/C13H14FNO4S/c1-19-11-3-2-8(4-9(11)14)5-12(16)15-7-20-6-10(15)13(17)18/h2-4,10H,5-7H2,1H3,(H,17,18)/t10-/m0/s1. The Morgan fingerprint density at radius 1 is 1.55 bits per heavy atom. The van der Waals surface area contributed by atoms with Crippen LogP contribution < -0.4 is 4.74 Å². The van der Waals surface area contributed by atoms with Crippen LogP contribution in [0.4, 0.5) is 4.39 Å². The number of carbonyl (C=O) groups excluding carboxylic acids is 1. The van der Waals surface area contributed by atoms with Crippen molar-refractivity contribution in [3.63, 3.8) is 0 Å². The number of carbonyl (C=O) groups is 2. The molecule has 1 amide bonds. The van der Waals surface area contributed by atoms with Crippen LogP contribution in [-0.4, -0.2) is 46.7 Å². The molecule has 1 saturated heterocycles. The maximum atomic E-state index is 13.5. The number of halogens is 1. The monoisotopic (exact) mass is 299 g/mol. The summed E-state index contributed by atoms with van der Waals surface area (Å²) in [6.45, 7) is 0. The number of rotatable bonds is 4. The SMILES string of the molecule is COc1ccc(CC(=O)N2CSC[C@H]2C(=O)O)cc1F. The first-order valence-electron chi connectivity index (χ1n) is 5.95. The number of amides is 1. The van der Waals surface area contributed by atoms with Crippen LogP contribution >= 0.6 is 11.8 Å². The van der Waals surface area contributed by atoms with E-state index in [0.717, 1.165) is 0 Å². The number of carboxylic acids is 1. The zero-order valence-corrected chi connectivity index (χ0v) is 11.7. The molecule has 1 aromatic rings. The molecule has 1 aliphatic heterocycles. The molecule has 1 aromatic carbocycles. The number of hydrogen-bond donors (Lipinski definition) is 1. The molecule has 0 saturated carbocycles. The Hall–Kier alpha value is -1.76. The molecule has 5 nitrogen and oxygen atoms in total. The fourth-order valence-corrected chi connectivity index (χ4v) is 3.16. The van der Waals surface area contributed by atoms with Gasteiger partial charge in [-0.15, -0.1) is 11.8 Å². The first-order chi connectivity index (χ1) is 9.52. The Morgan fingerprint density at radius 3 is 2.90 bits per heavy atom. The zero-order chi connectivity index (χ0) is 14.7. The molecule has 0 spiro atoms. The summed E-state index contributed by atoms with van der Waals surface area (Å²) in [6.07, 6.45) is -0.0226. The van der Waals surface area contributed by atoms with Crippen molar-refractivity contribution < 1.29 is 23.8 Å². The fraction of sp³-hybridized carbons (Fsp3) is 0.385. The van der Waals surface area contributed by atoms with Gasteiger partial charge in [-0.05, 0) is 17.7 Å². The average molecular weight is 299 g/mol. The lowest BCUT2D eigenvalue weighted by molar-refractivity contribution is -0.147. The molecule has 108 valence electrons. The van der Waals surface area contributed by atoms with Gasteiger partial charge in [-0.1, -0.05) is 6.07 Å². The molecule has 1 N–H and O–H groups in total. The molecular weight excluding hydrogens is 285 g/mol. The van der Waals surface area contributed by atoms with Gasteiger partial charge in [0.2, 0.25) is 5.91 Å². The van der Waals surface area contributed by atoms with E-state index in [1.807, 2.05) is 0 Å². The predicted octanol–water partition coefficient (Wildman–Crippen LogP) is 1.36. The Morgan fingerprint density at radius 2 is 2.30 bits per heavy atom. The third-order valence-electron chi connectivity index (χ3n) is 3.06. The molecule has 0 bridgehead atoms. The van der Waals surface area contributed by atoms with E-state index in [1.54, 1.807) is 6.07 Å². The van der Waals surface area contributed by atoms with Gasteiger partial charge in [-0.3, -0.25) is 4.79 Å². The summed E-state index contributed by atoms with van der Waals surface area (Å²) in [5, 5.41) is 9.03. The smallest absolute Gasteiger partial charge is 0.327 e. The highest BCUT2D eigenvalue weighted by Crippen LogP contribution is 2.23. The van der Waals surface area contributed by atoms with Crippen molar-refractivity contribution >= 4 is 23.6 Å². The predicted molar refractivity (Wildman–Crippen MR) is 72.3 cm³/mol. The van der Waals surface area contributed by atoms with Crippen molar-refractivity contribution in [2.75, 3.05) is 18.7 Å². The number of carboxylic acid groups (broad SMARTS) is 1. The van der Waals surface area contributed by atoms with Gasteiger partial charge in [0.15, 0.2) is 11.6 Å². The number of aliphatic carboxylic acids is 1. The lowest BCUT2D eigenvalue weighted by atomic mass is 10.1. The third-order valence-corrected chi connectivity index (χ3v) is 4.07. The number of nitrogens with zero attached hydrogens (tertiary/aromatic N) is 1. The molecule has 0 unspecified atom stereocenters. The van der Waals surface area contributed by atoms with Crippen molar-refractivity contribution in [2.45, 2.75) is 12.5 Å². The normalized spacial score (nSPS) is 18.1. The van der Waals surface area contributed by atoms with E-state index in [9.17, 15) is 14.0 Å². The minimum atomic E-state index is -1.01. The zero-order valence-electron chi connectivity index (χ0n) is 10.8. The van der Waals surface area contributed by atoms with Crippen LogP contribution in [0.5, 0.6) is 5.75 Å². The minimum Gasteiger partial charge on any atom is -0.494 e. The number of ether oxygens (including phenoxy) is 1. The molecule has 1 fully saturated rings. The second-order valence-electron chi connectivity index (χ2n) is 4.36. The highest BCUT2D eigenvalue weighted by atomic mass is 32.2. The maximum Gasteiger partial charge on any atom is 0.327 e. The Bertz CT molecular complexity index is 537. The topological polar surface area (TPSA) is 66.8 Å². The molecular formula is C13H14FNO4S. The summed E-state index contributed by atoms with van der Waals surface area (Å²) in [5.41, 5.74) is 0.495. The van der Waals surface area contributed by atoms with Crippen LogP contribution in [0.3, 0.4) is 0 Å². The molecule has 20 heavy (non-hydrogen) atoms. The van der Waals surface area contributed by atoms with E-state index in [1.165, 1.54) is 35.9 Å². The molecule has 0 aromatic heterocycles. The van der Waals surface area contributed by atoms with E-state index < -0.39 is 17.8 Å². The van der Waals surface area contributed by atoms with E-state index in [2.05, 4.69) is 0 Å². The first kappa shape index (κ1) is 14.6. The number of thioether (sulfide) groups is 1. The largest absolute Gasteiger partial charge is 0.494 e. The molecule has 1 aliphatic rings. The van der Waals surface area contributed by atoms with Gasteiger partial charge in [-0.2, -0.15) is 0 Å². The quantitative estimate of drug-likeness (QED) is 0.909. The summed E-state index contributed by atoms with van der Waals surface area (Å²) in [5.74, 6) is -1.01. The van der Waals surface area contributed by atoms with E-state index in [-0.39, 0.29) is 18.1 Å². The Kier molecular flexibility index (Phi) is 4.49. The van der Waals surface area contributed by atoms with Gasteiger partial charge in [0, 0.05) is 5.75 Å². The van der Waals surface area contributed by atoms with Gasteiger partial charge in [0.05, 0.1) is 19.4 Å². The lowest BCUT2D eigenvalue weighted by Gasteiger charge is -2.20. The highest BCUT2D eigenvalue weighted by Gasteiger charge is 2.34. The van der Waals surface area contributed by atoms with E-state index in [0.29, 0.717) is 17.2 Å². The molecule has 1 heterocycles. The first-order valence-corrected chi connectivity index (χ1v) is 7.11. The van der Waals surface area contributed by atoms with Gasteiger partial charge in [0.1, 0.15) is 6.04 Å². The van der Waals surface area contributed by atoms with Crippen molar-refractivity contribution in [1.82, 2.24) is 4.90 Å². The Balaban J connectivity index is 2.08. The van der Waals surface area contributed by atoms with Gasteiger partial charge in [0.25, 0.3) is 0 Å². The van der Waals surface area contributed by atoms with Crippen molar-refractivity contribution in [1.29, 1.82) is 0 Å². The summed E-state index contributed by atoms with van der Waals surface area (Å²) >= 11 is 1.40. The summed E-state index contributed by atoms with van der Waals surface area (Å²) in [4.78, 5) is 24.4. The van der Waals surface area contributed by atoms with Crippen molar-refractivity contribution in [2.24, 2.45) is 0 Å². The van der Waals surface area contributed by atoms with Crippen LogP contribution in [0, 0.1) is 5.82 Å². The minimum absolute atomic E-state index is 0.0226. The van der Waals surface area contributed by atoms with Crippen molar-refractivity contribution in [3.05, 3.63) is 29.6 Å². The summed E-state index contributed by atoms with van der Waals surface area (Å²) < 4.78 is 18.3. The second-order valence-corrected chi connectivity index (χ2v) is 5.36. The molecule has 0 radical (unpaired) electrons. The third kappa shape index (κ3) is 3.04. The van der Waals surface area contributed by atoms with E-state index >= 15 is 0 Å². The number of methoxy groups -OCH3 is 1. The van der Waals surface area contributed by atoms with Crippen LogP contribution in [0.25, 0.3) is 0 Å². The maximum absolute atomic E-state index is 13.5. The highest BCUT2D eigenvalue weighted by molar-refractivity contribution is 7.99. The summed E-state index contributed by atoms with van der Waals surface area (Å²) in [6, 6.07) is 3.48. The van der Waals surface area contributed by atoms with Crippen LogP contribution in [0.15, 0.2) is 18.2 Å².